The van der Waals surface area contributed by atoms with Gasteiger partial charge >= 0.3 is 0 Å². The average Bonchev–Trinajstić information content (AvgIpc) is 2.60. The van der Waals surface area contributed by atoms with Gasteiger partial charge in [0.1, 0.15) is 5.82 Å². The van der Waals surface area contributed by atoms with Crippen molar-refractivity contribution in [3.8, 4) is 11.5 Å². The van der Waals surface area contributed by atoms with Crippen LogP contribution in [0.4, 0.5) is 4.39 Å². The number of carbonyl (C=O) groups excluding carboxylic acids is 1. The van der Waals surface area contributed by atoms with Gasteiger partial charge in [-0.25, -0.2) is 4.39 Å². The number of ether oxygens (including phenoxy) is 3. The second-order valence-corrected chi connectivity index (χ2v) is 6.23. The number of amides is 1. The van der Waals surface area contributed by atoms with Crippen LogP contribution in [0.15, 0.2) is 42.5 Å². The molecule has 0 spiro atoms. The van der Waals surface area contributed by atoms with Crippen molar-refractivity contribution >= 4 is 5.91 Å². The molecule has 3 rings (SSSR count). The molecule has 1 heterocycles. The quantitative estimate of drug-likeness (QED) is 0.763. The molecule has 6 heteroatoms. The highest BCUT2D eigenvalue weighted by molar-refractivity contribution is 5.79. The summed E-state index contributed by atoms with van der Waals surface area (Å²) < 4.78 is 29.3. The Morgan fingerprint density at radius 3 is 2.54 bits per heavy atom. The topological polar surface area (TPSA) is 48.0 Å². The zero-order valence-corrected chi connectivity index (χ0v) is 14.9. The van der Waals surface area contributed by atoms with E-state index >= 15 is 0 Å². The van der Waals surface area contributed by atoms with Gasteiger partial charge < -0.3 is 19.1 Å². The zero-order chi connectivity index (χ0) is 18.5. The summed E-state index contributed by atoms with van der Waals surface area (Å²) in [4.78, 5) is 14.1. The first kappa shape index (κ1) is 18.2. The van der Waals surface area contributed by atoms with Crippen LogP contribution < -0.4 is 9.47 Å². The number of hydrogen-bond acceptors (Lipinski definition) is 4. The Morgan fingerprint density at radius 2 is 1.85 bits per heavy atom. The van der Waals surface area contributed by atoms with Gasteiger partial charge in [-0.15, -0.1) is 0 Å². The second kappa shape index (κ2) is 8.19. The third-order valence-electron chi connectivity index (χ3n) is 4.38. The van der Waals surface area contributed by atoms with Gasteiger partial charge in [0.25, 0.3) is 0 Å². The molecule has 0 bridgehead atoms. The lowest BCUT2D eigenvalue weighted by atomic mass is 10.1. The van der Waals surface area contributed by atoms with Gasteiger partial charge in [0.2, 0.25) is 5.91 Å². The number of nitrogens with zero attached hydrogens (tertiary/aromatic N) is 1. The van der Waals surface area contributed by atoms with Gasteiger partial charge in [-0.3, -0.25) is 4.79 Å². The Balaban J connectivity index is 1.46. The fraction of sp³-hybridized carbons (Fsp3) is 0.350. The number of halogens is 1. The van der Waals surface area contributed by atoms with Gasteiger partial charge in [0.05, 0.1) is 33.4 Å². The Kier molecular flexibility index (Phi) is 5.73. The first-order valence-corrected chi connectivity index (χ1v) is 8.43. The van der Waals surface area contributed by atoms with Crippen LogP contribution in [0.5, 0.6) is 11.5 Å². The third kappa shape index (κ3) is 4.32. The summed E-state index contributed by atoms with van der Waals surface area (Å²) in [6.45, 7) is 1.46. The average molecular weight is 359 g/mol. The van der Waals surface area contributed by atoms with Gasteiger partial charge in [-0.1, -0.05) is 18.2 Å². The number of likely N-dealkylation sites (tertiary alicyclic amines) is 1. The molecule has 0 aliphatic carbocycles. The fourth-order valence-corrected chi connectivity index (χ4v) is 2.87. The Bertz CT molecular complexity index is 774. The lowest BCUT2D eigenvalue weighted by molar-refractivity contribution is -0.145. The van der Waals surface area contributed by atoms with E-state index in [0.717, 1.165) is 11.1 Å². The van der Waals surface area contributed by atoms with Crippen LogP contribution in [-0.4, -0.2) is 44.2 Å². The zero-order valence-electron chi connectivity index (χ0n) is 14.9. The Hall–Kier alpha value is -2.60. The first-order chi connectivity index (χ1) is 12.6. The molecular formula is C20H22FNO4. The minimum absolute atomic E-state index is 0.00683. The summed E-state index contributed by atoms with van der Waals surface area (Å²) in [5.74, 6) is 1.02. The van der Waals surface area contributed by atoms with Gasteiger partial charge in [-0.05, 0) is 35.4 Å². The number of carbonyl (C=O) groups is 1. The highest BCUT2D eigenvalue weighted by Gasteiger charge is 2.31. The van der Waals surface area contributed by atoms with Gasteiger partial charge in [0, 0.05) is 13.1 Å². The van der Waals surface area contributed by atoms with Crippen molar-refractivity contribution in [1.82, 2.24) is 4.90 Å². The van der Waals surface area contributed by atoms with Crippen molar-refractivity contribution < 1.29 is 23.4 Å². The summed E-state index contributed by atoms with van der Waals surface area (Å²) in [5.41, 5.74) is 1.66. The van der Waals surface area contributed by atoms with E-state index in [1.54, 1.807) is 31.3 Å². The largest absolute Gasteiger partial charge is 0.493 e. The Labute approximate surface area is 152 Å². The smallest absolute Gasteiger partial charge is 0.227 e. The van der Waals surface area contributed by atoms with E-state index < -0.39 is 0 Å². The summed E-state index contributed by atoms with van der Waals surface area (Å²) in [5, 5.41) is 0. The molecule has 1 saturated heterocycles. The molecule has 0 unspecified atom stereocenters. The second-order valence-electron chi connectivity index (χ2n) is 6.23. The van der Waals surface area contributed by atoms with E-state index in [2.05, 4.69) is 0 Å². The molecule has 0 saturated carbocycles. The van der Waals surface area contributed by atoms with Crippen LogP contribution in [0.3, 0.4) is 0 Å². The van der Waals surface area contributed by atoms with Crippen molar-refractivity contribution in [1.29, 1.82) is 0 Å². The van der Waals surface area contributed by atoms with Crippen molar-refractivity contribution in [3.63, 3.8) is 0 Å². The maximum Gasteiger partial charge on any atom is 0.227 e. The first-order valence-electron chi connectivity index (χ1n) is 8.43. The summed E-state index contributed by atoms with van der Waals surface area (Å²) in [6.07, 6.45) is 0.296. The predicted octanol–water partition coefficient (Wildman–Crippen LogP) is 2.81. The molecule has 0 atom stereocenters. The molecule has 0 N–H and O–H groups in total. The number of hydrogen-bond donors (Lipinski definition) is 0. The normalized spacial score (nSPS) is 14.0. The van der Waals surface area contributed by atoms with E-state index in [-0.39, 0.29) is 17.8 Å². The van der Waals surface area contributed by atoms with E-state index in [1.807, 2.05) is 18.2 Å². The molecule has 2 aromatic rings. The standard InChI is InChI=1S/C20H22FNO4/c1-24-18-7-6-14(9-19(18)25-2)10-20(23)22-11-17(12-22)26-13-15-4-3-5-16(21)8-15/h3-9,17H,10-13H2,1-2H3. The van der Waals surface area contributed by atoms with Crippen LogP contribution in [0, 0.1) is 5.82 Å². The van der Waals surface area contributed by atoms with Crippen LogP contribution in [0.1, 0.15) is 11.1 Å². The molecule has 5 nitrogen and oxygen atoms in total. The van der Waals surface area contributed by atoms with Crippen LogP contribution in [0.25, 0.3) is 0 Å². The third-order valence-corrected chi connectivity index (χ3v) is 4.38. The van der Waals surface area contributed by atoms with Crippen LogP contribution >= 0.6 is 0 Å². The lowest BCUT2D eigenvalue weighted by Gasteiger charge is -2.39. The lowest BCUT2D eigenvalue weighted by Crippen LogP contribution is -2.55. The van der Waals surface area contributed by atoms with E-state index in [1.165, 1.54) is 12.1 Å². The van der Waals surface area contributed by atoms with Crippen molar-refractivity contribution in [2.75, 3.05) is 27.3 Å². The molecule has 0 radical (unpaired) electrons. The van der Waals surface area contributed by atoms with Gasteiger partial charge in [0.15, 0.2) is 11.5 Å². The summed E-state index contributed by atoms with van der Waals surface area (Å²) >= 11 is 0. The Morgan fingerprint density at radius 1 is 1.08 bits per heavy atom. The molecule has 1 aliphatic rings. The minimum atomic E-state index is -0.272. The predicted molar refractivity (Wildman–Crippen MR) is 94.8 cm³/mol. The minimum Gasteiger partial charge on any atom is -0.493 e. The SMILES string of the molecule is COc1ccc(CC(=O)N2CC(OCc3cccc(F)c3)C2)cc1OC. The van der Waals surface area contributed by atoms with Crippen LogP contribution in [-0.2, 0) is 22.6 Å². The van der Waals surface area contributed by atoms with E-state index in [4.69, 9.17) is 14.2 Å². The highest BCUT2D eigenvalue weighted by atomic mass is 19.1. The summed E-state index contributed by atoms with van der Waals surface area (Å²) in [7, 11) is 3.14. The van der Waals surface area contributed by atoms with E-state index in [0.29, 0.717) is 37.6 Å². The fourth-order valence-electron chi connectivity index (χ4n) is 2.87. The maximum absolute atomic E-state index is 13.1. The molecule has 26 heavy (non-hydrogen) atoms. The number of benzene rings is 2. The molecular weight excluding hydrogens is 337 g/mol. The van der Waals surface area contributed by atoms with Crippen molar-refractivity contribution in [2.45, 2.75) is 19.1 Å². The number of methoxy groups -OCH3 is 2. The van der Waals surface area contributed by atoms with E-state index in [9.17, 15) is 9.18 Å². The monoisotopic (exact) mass is 359 g/mol. The van der Waals surface area contributed by atoms with Crippen LogP contribution in [0.2, 0.25) is 0 Å². The highest BCUT2D eigenvalue weighted by Crippen LogP contribution is 2.28. The van der Waals surface area contributed by atoms with Crippen molar-refractivity contribution in [3.05, 3.63) is 59.4 Å². The molecule has 1 aliphatic heterocycles. The maximum atomic E-state index is 13.1. The molecule has 0 aromatic heterocycles. The molecule has 2 aromatic carbocycles. The summed E-state index contributed by atoms with van der Waals surface area (Å²) in [6, 6.07) is 11.8. The molecule has 1 fully saturated rings. The number of rotatable bonds is 7. The molecule has 138 valence electrons. The van der Waals surface area contributed by atoms with Crippen molar-refractivity contribution in [2.24, 2.45) is 0 Å². The van der Waals surface area contributed by atoms with Gasteiger partial charge in [-0.2, -0.15) is 0 Å². The molecule has 1 amide bonds.